The molecule has 2 fully saturated rings. The van der Waals surface area contributed by atoms with Crippen LogP contribution in [0.1, 0.15) is 50.8 Å². The standard InChI is InChI=1S/C26H29F4N5O/c27-21-9-3-2-8-20(21)23-15-33-25(36-23)34-22-10-4-1-7-18(22)12-17-6-5-11-35(16-17)19-13-31-24(32-14-19)26(28,29)30/h2-3,8-9,13-15,17-18,22H,1,4-7,10-12,16H2,(H,33,34)/t17-,18+,22-/m1/s1. The van der Waals surface area contributed by atoms with Gasteiger partial charge in [-0.15, -0.1) is 0 Å². The Morgan fingerprint density at radius 1 is 0.972 bits per heavy atom. The molecule has 5 rings (SSSR count). The highest BCUT2D eigenvalue weighted by molar-refractivity contribution is 5.58. The smallest absolute Gasteiger partial charge is 0.423 e. The van der Waals surface area contributed by atoms with Crippen LogP contribution in [-0.2, 0) is 6.18 Å². The lowest BCUT2D eigenvalue weighted by molar-refractivity contribution is -0.144. The van der Waals surface area contributed by atoms with Crippen LogP contribution in [0.25, 0.3) is 11.3 Å². The Balaban J connectivity index is 1.22. The van der Waals surface area contributed by atoms with Gasteiger partial charge < -0.3 is 14.6 Å². The van der Waals surface area contributed by atoms with E-state index in [1.54, 1.807) is 24.4 Å². The lowest BCUT2D eigenvalue weighted by Crippen LogP contribution is -2.39. The summed E-state index contributed by atoms with van der Waals surface area (Å²) in [6, 6.07) is 7.06. The zero-order valence-electron chi connectivity index (χ0n) is 19.8. The Hall–Kier alpha value is -3.17. The number of nitrogens with one attached hydrogen (secondary N) is 1. The van der Waals surface area contributed by atoms with E-state index in [1.807, 2.05) is 0 Å². The van der Waals surface area contributed by atoms with E-state index in [1.165, 1.54) is 18.5 Å². The Morgan fingerprint density at radius 2 is 1.75 bits per heavy atom. The van der Waals surface area contributed by atoms with Crippen LogP contribution in [0.5, 0.6) is 0 Å². The second kappa shape index (κ2) is 10.4. The molecule has 0 amide bonds. The summed E-state index contributed by atoms with van der Waals surface area (Å²) < 4.78 is 58.4. The van der Waals surface area contributed by atoms with Crippen LogP contribution in [0.4, 0.5) is 29.3 Å². The van der Waals surface area contributed by atoms with E-state index >= 15 is 0 Å². The minimum atomic E-state index is -4.54. The number of benzene rings is 1. The first-order valence-electron chi connectivity index (χ1n) is 12.5. The number of oxazole rings is 1. The molecule has 3 atom stereocenters. The maximum absolute atomic E-state index is 14.1. The molecule has 10 heteroatoms. The van der Waals surface area contributed by atoms with Crippen LogP contribution < -0.4 is 10.2 Å². The highest BCUT2D eigenvalue weighted by Gasteiger charge is 2.35. The van der Waals surface area contributed by atoms with E-state index in [9.17, 15) is 17.6 Å². The van der Waals surface area contributed by atoms with Gasteiger partial charge in [-0.1, -0.05) is 25.0 Å². The maximum Gasteiger partial charge on any atom is 0.451 e. The average molecular weight is 504 g/mol. The molecule has 1 aliphatic carbocycles. The summed E-state index contributed by atoms with van der Waals surface area (Å²) in [4.78, 5) is 13.5. The van der Waals surface area contributed by atoms with Gasteiger partial charge >= 0.3 is 6.18 Å². The van der Waals surface area contributed by atoms with E-state index in [2.05, 4.69) is 25.2 Å². The minimum Gasteiger partial charge on any atom is -0.423 e. The molecule has 0 unspecified atom stereocenters. The fraction of sp³-hybridized carbons (Fsp3) is 0.500. The van der Waals surface area contributed by atoms with Crippen molar-refractivity contribution in [3.8, 4) is 11.3 Å². The Kier molecular flexibility index (Phi) is 7.11. The summed E-state index contributed by atoms with van der Waals surface area (Å²) in [5.74, 6) is -0.218. The van der Waals surface area contributed by atoms with Gasteiger partial charge in [-0.25, -0.2) is 19.3 Å². The van der Waals surface area contributed by atoms with Gasteiger partial charge in [-0.05, 0) is 56.1 Å². The molecule has 2 aromatic heterocycles. The second-order valence-corrected chi connectivity index (χ2v) is 9.76. The molecular weight excluding hydrogens is 474 g/mol. The predicted molar refractivity (Wildman–Crippen MR) is 128 cm³/mol. The molecule has 6 nitrogen and oxygen atoms in total. The molecule has 36 heavy (non-hydrogen) atoms. The third kappa shape index (κ3) is 5.63. The molecule has 192 valence electrons. The average Bonchev–Trinajstić information content (AvgIpc) is 3.33. The van der Waals surface area contributed by atoms with Gasteiger partial charge in [0.25, 0.3) is 6.01 Å². The van der Waals surface area contributed by atoms with Crippen molar-refractivity contribution in [1.29, 1.82) is 0 Å². The second-order valence-electron chi connectivity index (χ2n) is 9.76. The molecule has 3 heterocycles. The minimum absolute atomic E-state index is 0.204. The van der Waals surface area contributed by atoms with Crippen molar-refractivity contribution in [2.24, 2.45) is 11.8 Å². The molecule has 0 bridgehead atoms. The van der Waals surface area contributed by atoms with Gasteiger partial charge in [-0.2, -0.15) is 13.2 Å². The highest BCUT2D eigenvalue weighted by Crippen LogP contribution is 2.36. The zero-order chi connectivity index (χ0) is 25.1. The quantitative estimate of drug-likeness (QED) is 0.384. The molecule has 1 saturated heterocycles. The van der Waals surface area contributed by atoms with Crippen molar-refractivity contribution >= 4 is 11.7 Å². The van der Waals surface area contributed by atoms with Crippen molar-refractivity contribution in [3.05, 3.63) is 54.5 Å². The van der Waals surface area contributed by atoms with E-state index in [4.69, 9.17) is 4.42 Å². The molecule has 0 spiro atoms. The van der Waals surface area contributed by atoms with Crippen molar-refractivity contribution in [2.45, 2.75) is 57.2 Å². The normalized spacial score (nSPS) is 23.0. The van der Waals surface area contributed by atoms with E-state index in [-0.39, 0.29) is 11.9 Å². The Bertz CT molecular complexity index is 1150. The lowest BCUT2D eigenvalue weighted by atomic mass is 9.77. The Labute approximate surface area is 207 Å². The predicted octanol–water partition coefficient (Wildman–Crippen LogP) is 6.57. The number of halogens is 4. The Morgan fingerprint density at radius 3 is 2.53 bits per heavy atom. The number of anilines is 2. The molecule has 0 radical (unpaired) electrons. The number of rotatable bonds is 6. The lowest BCUT2D eigenvalue weighted by Gasteiger charge is -2.38. The number of nitrogens with zero attached hydrogens (tertiary/aromatic N) is 4. The number of hydrogen-bond acceptors (Lipinski definition) is 6. The highest BCUT2D eigenvalue weighted by atomic mass is 19.4. The summed E-state index contributed by atoms with van der Waals surface area (Å²) in [6.07, 6.45) is 7.01. The first kappa shape index (κ1) is 24.5. The van der Waals surface area contributed by atoms with Gasteiger partial charge in [0.05, 0.1) is 29.8 Å². The monoisotopic (exact) mass is 503 g/mol. The van der Waals surface area contributed by atoms with Gasteiger partial charge in [0.2, 0.25) is 5.82 Å². The molecule has 1 N–H and O–H groups in total. The summed E-state index contributed by atoms with van der Waals surface area (Å²) in [6.45, 7) is 1.56. The van der Waals surface area contributed by atoms with Gasteiger partial charge in [-0.3, -0.25) is 0 Å². The third-order valence-electron chi connectivity index (χ3n) is 7.27. The fourth-order valence-corrected chi connectivity index (χ4v) is 5.52. The van der Waals surface area contributed by atoms with Crippen LogP contribution in [0.15, 0.2) is 47.3 Å². The molecule has 1 saturated carbocycles. The zero-order valence-corrected chi connectivity index (χ0v) is 19.8. The number of aromatic nitrogens is 3. The van der Waals surface area contributed by atoms with Gasteiger partial charge in [0, 0.05) is 19.1 Å². The van der Waals surface area contributed by atoms with Crippen molar-refractivity contribution in [1.82, 2.24) is 15.0 Å². The van der Waals surface area contributed by atoms with Crippen molar-refractivity contribution < 1.29 is 22.0 Å². The van der Waals surface area contributed by atoms with Crippen molar-refractivity contribution in [3.63, 3.8) is 0 Å². The molecule has 2 aliphatic rings. The maximum atomic E-state index is 14.1. The largest absolute Gasteiger partial charge is 0.451 e. The summed E-state index contributed by atoms with van der Waals surface area (Å²) in [7, 11) is 0. The summed E-state index contributed by atoms with van der Waals surface area (Å²) in [5.41, 5.74) is 1.01. The number of alkyl halides is 3. The molecule has 3 aromatic rings. The first-order chi connectivity index (χ1) is 17.4. The van der Waals surface area contributed by atoms with Crippen LogP contribution in [-0.4, -0.2) is 34.1 Å². The van der Waals surface area contributed by atoms with Gasteiger partial charge in [0.1, 0.15) is 5.82 Å². The van der Waals surface area contributed by atoms with Gasteiger partial charge in [0.15, 0.2) is 5.76 Å². The van der Waals surface area contributed by atoms with E-state index in [0.29, 0.717) is 34.9 Å². The molecule has 1 aliphatic heterocycles. The summed E-state index contributed by atoms with van der Waals surface area (Å²) in [5, 5.41) is 3.45. The van der Waals surface area contributed by atoms with E-state index < -0.39 is 12.0 Å². The van der Waals surface area contributed by atoms with Crippen LogP contribution >= 0.6 is 0 Å². The first-order valence-corrected chi connectivity index (χ1v) is 12.5. The SMILES string of the molecule is Fc1ccccc1-c1cnc(N[C@@H]2CCCC[C@H]2C[C@H]2CCCN(c3cnc(C(F)(F)F)nc3)C2)o1. The van der Waals surface area contributed by atoms with Crippen LogP contribution in [0.3, 0.4) is 0 Å². The van der Waals surface area contributed by atoms with Crippen LogP contribution in [0.2, 0.25) is 0 Å². The van der Waals surface area contributed by atoms with E-state index in [0.717, 1.165) is 58.0 Å². The third-order valence-corrected chi connectivity index (χ3v) is 7.27. The number of hydrogen-bond donors (Lipinski definition) is 1. The summed E-state index contributed by atoms with van der Waals surface area (Å²) >= 11 is 0. The topological polar surface area (TPSA) is 67.1 Å². The van der Waals surface area contributed by atoms with Crippen molar-refractivity contribution in [2.75, 3.05) is 23.3 Å². The fourth-order valence-electron chi connectivity index (χ4n) is 5.52. The molecule has 1 aromatic carbocycles. The number of piperidine rings is 1. The van der Waals surface area contributed by atoms with Crippen LogP contribution in [0, 0.1) is 17.7 Å². The molecular formula is C26H29F4N5O.